The Labute approximate surface area is 160 Å². The molecule has 3 aromatic rings. The highest BCUT2D eigenvalue weighted by Gasteiger charge is 2.18. The first kappa shape index (κ1) is 17.6. The SMILES string of the molecule is CC(NC(=O)NCC1Cc2ccccc2CN1)c1ccc2ccccc2c1. The molecule has 138 valence electrons. The van der Waals surface area contributed by atoms with Gasteiger partial charge in [-0.15, -0.1) is 0 Å². The Morgan fingerprint density at radius 3 is 2.63 bits per heavy atom. The van der Waals surface area contributed by atoms with Crippen molar-refractivity contribution in [1.82, 2.24) is 16.0 Å². The van der Waals surface area contributed by atoms with Gasteiger partial charge >= 0.3 is 6.03 Å². The molecule has 4 rings (SSSR count). The molecular weight excluding hydrogens is 334 g/mol. The fourth-order valence-corrected chi connectivity index (χ4v) is 3.69. The normalized spacial score (nSPS) is 17.1. The lowest BCUT2D eigenvalue weighted by molar-refractivity contribution is 0.236. The second-order valence-electron chi connectivity index (χ2n) is 7.23. The first-order chi connectivity index (χ1) is 13.2. The summed E-state index contributed by atoms with van der Waals surface area (Å²) in [5.74, 6) is 0. The van der Waals surface area contributed by atoms with Gasteiger partial charge in [0.15, 0.2) is 0 Å². The minimum atomic E-state index is -0.128. The molecule has 27 heavy (non-hydrogen) atoms. The molecule has 1 heterocycles. The number of urea groups is 1. The van der Waals surface area contributed by atoms with Crippen LogP contribution in [0.3, 0.4) is 0 Å². The molecule has 0 aromatic heterocycles. The van der Waals surface area contributed by atoms with Crippen LogP contribution in [0.2, 0.25) is 0 Å². The van der Waals surface area contributed by atoms with Crippen molar-refractivity contribution in [1.29, 1.82) is 0 Å². The van der Waals surface area contributed by atoms with Crippen LogP contribution in [0.1, 0.15) is 29.7 Å². The monoisotopic (exact) mass is 359 g/mol. The Morgan fingerprint density at radius 1 is 1.04 bits per heavy atom. The molecule has 0 saturated heterocycles. The number of rotatable bonds is 4. The third-order valence-corrected chi connectivity index (χ3v) is 5.30. The Hall–Kier alpha value is -2.85. The van der Waals surface area contributed by atoms with E-state index in [2.05, 4.69) is 70.5 Å². The average molecular weight is 359 g/mol. The van der Waals surface area contributed by atoms with Crippen LogP contribution < -0.4 is 16.0 Å². The minimum Gasteiger partial charge on any atom is -0.337 e. The third-order valence-electron chi connectivity index (χ3n) is 5.30. The average Bonchev–Trinajstić information content (AvgIpc) is 2.71. The van der Waals surface area contributed by atoms with Crippen LogP contribution in [-0.2, 0) is 13.0 Å². The van der Waals surface area contributed by atoms with E-state index in [0.717, 1.165) is 18.5 Å². The molecule has 1 aliphatic heterocycles. The molecular formula is C23H25N3O. The van der Waals surface area contributed by atoms with E-state index in [1.54, 1.807) is 0 Å². The molecule has 0 radical (unpaired) electrons. The zero-order chi connectivity index (χ0) is 18.6. The molecule has 0 saturated carbocycles. The quantitative estimate of drug-likeness (QED) is 0.661. The van der Waals surface area contributed by atoms with Crippen molar-refractivity contribution >= 4 is 16.8 Å². The van der Waals surface area contributed by atoms with Crippen molar-refractivity contribution < 1.29 is 4.79 Å². The maximum Gasteiger partial charge on any atom is 0.315 e. The molecule has 4 heteroatoms. The number of hydrogen-bond acceptors (Lipinski definition) is 2. The fourth-order valence-electron chi connectivity index (χ4n) is 3.69. The standard InChI is InChI=1S/C23H25N3O/c1-16(18-11-10-17-6-2-3-7-19(17)12-18)26-23(27)25-15-22-13-20-8-4-5-9-21(20)14-24-22/h2-12,16,22,24H,13-15H2,1H3,(H2,25,26,27). The van der Waals surface area contributed by atoms with Gasteiger partial charge in [0.25, 0.3) is 0 Å². The zero-order valence-electron chi connectivity index (χ0n) is 15.5. The van der Waals surface area contributed by atoms with Gasteiger partial charge in [-0.2, -0.15) is 0 Å². The summed E-state index contributed by atoms with van der Waals surface area (Å²) < 4.78 is 0. The lowest BCUT2D eigenvalue weighted by Crippen LogP contribution is -2.47. The fraction of sp³-hybridized carbons (Fsp3) is 0.261. The lowest BCUT2D eigenvalue weighted by atomic mass is 9.96. The molecule has 0 bridgehead atoms. The summed E-state index contributed by atoms with van der Waals surface area (Å²) in [6.45, 7) is 3.49. The highest BCUT2D eigenvalue weighted by atomic mass is 16.2. The van der Waals surface area contributed by atoms with Crippen LogP contribution in [0.15, 0.2) is 66.7 Å². The number of nitrogens with one attached hydrogen (secondary N) is 3. The zero-order valence-corrected chi connectivity index (χ0v) is 15.5. The molecule has 1 aliphatic rings. The van der Waals surface area contributed by atoms with Crippen LogP contribution >= 0.6 is 0 Å². The van der Waals surface area contributed by atoms with Gasteiger partial charge in [-0.3, -0.25) is 0 Å². The second kappa shape index (κ2) is 7.80. The summed E-state index contributed by atoms with van der Waals surface area (Å²) in [6, 6.07) is 23.1. The Morgan fingerprint density at radius 2 is 1.78 bits per heavy atom. The molecule has 3 aromatic carbocycles. The van der Waals surface area contributed by atoms with Crippen LogP contribution in [-0.4, -0.2) is 18.6 Å². The number of amides is 2. The van der Waals surface area contributed by atoms with Crippen LogP contribution in [0.5, 0.6) is 0 Å². The second-order valence-corrected chi connectivity index (χ2v) is 7.23. The lowest BCUT2D eigenvalue weighted by Gasteiger charge is -2.26. The van der Waals surface area contributed by atoms with Crippen molar-refractivity contribution in [2.75, 3.05) is 6.54 Å². The molecule has 4 nitrogen and oxygen atoms in total. The van der Waals surface area contributed by atoms with Gasteiger partial charge in [-0.05, 0) is 46.9 Å². The van der Waals surface area contributed by atoms with Gasteiger partial charge in [-0.1, -0.05) is 60.7 Å². The molecule has 0 aliphatic carbocycles. The Balaban J connectivity index is 1.31. The van der Waals surface area contributed by atoms with Crippen molar-refractivity contribution in [2.24, 2.45) is 0 Å². The predicted molar refractivity (Wildman–Crippen MR) is 110 cm³/mol. The number of benzene rings is 3. The van der Waals surface area contributed by atoms with Crippen molar-refractivity contribution in [3.05, 3.63) is 83.4 Å². The molecule has 2 atom stereocenters. The Bertz CT molecular complexity index is 953. The molecule has 0 spiro atoms. The summed E-state index contributed by atoms with van der Waals surface area (Å²) in [4.78, 5) is 12.3. The van der Waals surface area contributed by atoms with E-state index in [1.807, 2.05) is 19.1 Å². The van der Waals surface area contributed by atoms with E-state index in [-0.39, 0.29) is 18.1 Å². The van der Waals surface area contributed by atoms with E-state index in [9.17, 15) is 4.79 Å². The maximum atomic E-state index is 12.3. The van der Waals surface area contributed by atoms with Crippen molar-refractivity contribution in [2.45, 2.75) is 32.0 Å². The van der Waals surface area contributed by atoms with Gasteiger partial charge in [0, 0.05) is 19.1 Å². The number of hydrogen-bond donors (Lipinski definition) is 3. The van der Waals surface area contributed by atoms with E-state index < -0.39 is 0 Å². The van der Waals surface area contributed by atoms with Crippen molar-refractivity contribution in [3.8, 4) is 0 Å². The molecule has 2 amide bonds. The van der Waals surface area contributed by atoms with Gasteiger partial charge in [-0.25, -0.2) is 4.79 Å². The van der Waals surface area contributed by atoms with Crippen LogP contribution in [0, 0.1) is 0 Å². The van der Waals surface area contributed by atoms with Gasteiger partial charge in [0.1, 0.15) is 0 Å². The molecule has 2 unspecified atom stereocenters. The molecule has 3 N–H and O–H groups in total. The van der Waals surface area contributed by atoms with Crippen LogP contribution in [0.4, 0.5) is 4.79 Å². The number of fused-ring (bicyclic) bond motifs is 2. The summed E-state index contributed by atoms with van der Waals surface area (Å²) >= 11 is 0. The third kappa shape index (κ3) is 4.12. The van der Waals surface area contributed by atoms with Gasteiger partial charge < -0.3 is 16.0 Å². The van der Waals surface area contributed by atoms with Gasteiger partial charge in [0.2, 0.25) is 0 Å². The largest absolute Gasteiger partial charge is 0.337 e. The number of carbonyl (C=O) groups excluding carboxylic acids is 1. The summed E-state index contributed by atoms with van der Waals surface area (Å²) in [5.41, 5.74) is 3.82. The first-order valence-corrected chi connectivity index (χ1v) is 9.52. The van der Waals surface area contributed by atoms with E-state index in [0.29, 0.717) is 6.54 Å². The number of carbonyl (C=O) groups is 1. The predicted octanol–water partition coefficient (Wildman–Crippen LogP) is 3.91. The smallest absolute Gasteiger partial charge is 0.315 e. The maximum absolute atomic E-state index is 12.3. The van der Waals surface area contributed by atoms with E-state index in [4.69, 9.17) is 0 Å². The van der Waals surface area contributed by atoms with Crippen molar-refractivity contribution in [3.63, 3.8) is 0 Å². The molecule has 0 fully saturated rings. The van der Waals surface area contributed by atoms with E-state index in [1.165, 1.54) is 21.9 Å². The summed E-state index contributed by atoms with van der Waals surface area (Å²) in [5, 5.41) is 11.9. The topological polar surface area (TPSA) is 53.2 Å². The highest BCUT2D eigenvalue weighted by Crippen LogP contribution is 2.20. The van der Waals surface area contributed by atoms with Crippen LogP contribution in [0.25, 0.3) is 10.8 Å². The summed E-state index contributed by atoms with van der Waals surface area (Å²) in [7, 11) is 0. The van der Waals surface area contributed by atoms with Gasteiger partial charge in [0.05, 0.1) is 6.04 Å². The first-order valence-electron chi connectivity index (χ1n) is 9.52. The van der Waals surface area contributed by atoms with E-state index >= 15 is 0 Å². The minimum absolute atomic E-state index is 0.0466. The summed E-state index contributed by atoms with van der Waals surface area (Å²) in [6.07, 6.45) is 0.941. The Kier molecular flexibility index (Phi) is 5.07. The highest BCUT2D eigenvalue weighted by molar-refractivity contribution is 5.83.